The van der Waals surface area contributed by atoms with E-state index in [0.29, 0.717) is 0 Å². The molecule has 0 amide bonds. The molecule has 0 radical (unpaired) electrons. The first-order valence-corrected chi connectivity index (χ1v) is 7.19. The van der Waals surface area contributed by atoms with Gasteiger partial charge in [0.2, 0.25) is 0 Å². The zero-order chi connectivity index (χ0) is 11.5. The van der Waals surface area contributed by atoms with Crippen molar-refractivity contribution in [1.29, 1.82) is 0 Å². The van der Waals surface area contributed by atoms with E-state index < -0.39 is 0 Å². The van der Waals surface area contributed by atoms with E-state index in [2.05, 4.69) is 31.0 Å². The van der Waals surface area contributed by atoms with Crippen molar-refractivity contribution in [3.63, 3.8) is 0 Å². The first kappa shape index (κ1) is 12.4. The van der Waals surface area contributed by atoms with Crippen molar-refractivity contribution >= 4 is 0 Å². The molecule has 1 saturated heterocycles. The second-order valence-corrected chi connectivity index (χ2v) is 5.95. The zero-order valence-electron chi connectivity index (χ0n) is 11.2. The van der Waals surface area contributed by atoms with Gasteiger partial charge in [0.15, 0.2) is 0 Å². The van der Waals surface area contributed by atoms with E-state index in [9.17, 15) is 0 Å². The second kappa shape index (κ2) is 5.50. The molecule has 2 rings (SSSR count). The van der Waals surface area contributed by atoms with Gasteiger partial charge in [-0.2, -0.15) is 0 Å². The van der Waals surface area contributed by atoms with Gasteiger partial charge in [-0.3, -0.25) is 0 Å². The van der Waals surface area contributed by atoms with Crippen LogP contribution in [-0.2, 0) is 0 Å². The van der Waals surface area contributed by atoms with E-state index in [4.69, 9.17) is 0 Å². The molecule has 2 heteroatoms. The van der Waals surface area contributed by atoms with E-state index >= 15 is 0 Å². The SMILES string of the molecule is CCN1CCC(NC(C)CC2CC2)CC1C. The van der Waals surface area contributed by atoms with E-state index in [1.165, 1.54) is 45.2 Å². The topological polar surface area (TPSA) is 15.3 Å². The minimum atomic E-state index is 0.734. The van der Waals surface area contributed by atoms with Crippen LogP contribution in [-0.4, -0.2) is 36.1 Å². The molecular formula is C14H28N2. The summed E-state index contributed by atoms with van der Waals surface area (Å²) in [7, 11) is 0. The molecule has 3 atom stereocenters. The first-order valence-electron chi connectivity index (χ1n) is 7.19. The summed E-state index contributed by atoms with van der Waals surface area (Å²) in [4.78, 5) is 2.60. The Morgan fingerprint density at radius 3 is 2.62 bits per heavy atom. The standard InChI is InChI=1S/C14H28N2/c1-4-16-8-7-14(10-12(16)3)15-11(2)9-13-5-6-13/h11-15H,4-10H2,1-3H3. The normalized spacial score (nSPS) is 33.9. The second-order valence-electron chi connectivity index (χ2n) is 5.95. The number of rotatable bonds is 5. The predicted molar refractivity (Wildman–Crippen MR) is 69.7 cm³/mol. The number of piperidine rings is 1. The van der Waals surface area contributed by atoms with E-state index in [1.54, 1.807) is 0 Å². The highest BCUT2D eigenvalue weighted by molar-refractivity contribution is 4.85. The molecule has 3 unspecified atom stereocenters. The monoisotopic (exact) mass is 224 g/mol. The Morgan fingerprint density at radius 2 is 2.06 bits per heavy atom. The third-order valence-corrected chi connectivity index (χ3v) is 4.32. The van der Waals surface area contributed by atoms with Crippen LogP contribution in [0.4, 0.5) is 0 Å². The molecule has 1 heterocycles. The third-order valence-electron chi connectivity index (χ3n) is 4.32. The summed E-state index contributed by atoms with van der Waals surface area (Å²) in [5.74, 6) is 1.05. The number of nitrogens with zero attached hydrogens (tertiary/aromatic N) is 1. The van der Waals surface area contributed by atoms with Crippen molar-refractivity contribution in [2.45, 2.75) is 71.0 Å². The van der Waals surface area contributed by atoms with Gasteiger partial charge < -0.3 is 10.2 Å². The quantitative estimate of drug-likeness (QED) is 0.772. The Hall–Kier alpha value is -0.0800. The van der Waals surface area contributed by atoms with Gasteiger partial charge in [0.25, 0.3) is 0 Å². The van der Waals surface area contributed by atoms with Crippen LogP contribution in [0.2, 0.25) is 0 Å². The molecule has 1 N–H and O–H groups in total. The molecule has 0 spiro atoms. The van der Waals surface area contributed by atoms with Crippen LogP contribution < -0.4 is 5.32 Å². The predicted octanol–water partition coefficient (Wildman–Crippen LogP) is 2.64. The van der Waals surface area contributed by atoms with Crippen molar-refractivity contribution in [1.82, 2.24) is 10.2 Å². The van der Waals surface area contributed by atoms with Crippen LogP contribution in [0.3, 0.4) is 0 Å². The molecule has 2 nitrogen and oxygen atoms in total. The molecule has 0 bridgehead atoms. The van der Waals surface area contributed by atoms with Crippen molar-refractivity contribution < 1.29 is 0 Å². The first-order chi connectivity index (χ1) is 7.69. The highest BCUT2D eigenvalue weighted by Gasteiger charge is 2.27. The van der Waals surface area contributed by atoms with Crippen LogP contribution >= 0.6 is 0 Å². The Kier molecular flexibility index (Phi) is 4.26. The van der Waals surface area contributed by atoms with Crippen LogP contribution in [0, 0.1) is 5.92 Å². The Labute approximate surface area is 101 Å². The van der Waals surface area contributed by atoms with Gasteiger partial charge >= 0.3 is 0 Å². The summed E-state index contributed by atoms with van der Waals surface area (Å²) in [6, 6.07) is 2.27. The molecule has 2 aliphatic rings. The highest BCUT2D eigenvalue weighted by Crippen LogP contribution is 2.33. The van der Waals surface area contributed by atoms with E-state index in [0.717, 1.165) is 24.0 Å². The van der Waals surface area contributed by atoms with Gasteiger partial charge in [-0.25, -0.2) is 0 Å². The minimum absolute atomic E-state index is 0.734. The van der Waals surface area contributed by atoms with Gasteiger partial charge in [-0.1, -0.05) is 19.8 Å². The molecule has 0 aromatic carbocycles. The third kappa shape index (κ3) is 3.46. The lowest BCUT2D eigenvalue weighted by Gasteiger charge is -2.38. The van der Waals surface area contributed by atoms with E-state index in [1.807, 2.05) is 0 Å². The van der Waals surface area contributed by atoms with Crippen molar-refractivity contribution in [3.05, 3.63) is 0 Å². The summed E-state index contributed by atoms with van der Waals surface area (Å²) < 4.78 is 0. The lowest BCUT2D eigenvalue weighted by molar-refractivity contribution is 0.138. The average Bonchev–Trinajstić information content (AvgIpc) is 3.01. The molecule has 1 saturated carbocycles. The Bertz CT molecular complexity index is 213. The molecule has 1 aliphatic carbocycles. The van der Waals surface area contributed by atoms with Gasteiger partial charge in [0.1, 0.15) is 0 Å². The molecule has 94 valence electrons. The molecule has 16 heavy (non-hydrogen) atoms. The number of hydrogen-bond acceptors (Lipinski definition) is 2. The maximum Gasteiger partial charge on any atom is 0.00964 e. The number of likely N-dealkylation sites (tertiary alicyclic amines) is 1. The lowest BCUT2D eigenvalue weighted by Crippen LogP contribution is -2.49. The molecule has 2 fully saturated rings. The number of nitrogens with one attached hydrogen (secondary N) is 1. The molecule has 0 aromatic heterocycles. The van der Waals surface area contributed by atoms with Gasteiger partial charge in [0.05, 0.1) is 0 Å². The van der Waals surface area contributed by atoms with Gasteiger partial charge in [0, 0.05) is 18.1 Å². The highest BCUT2D eigenvalue weighted by atomic mass is 15.2. The van der Waals surface area contributed by atoms with Crippen LogP contribution in [0.25, 0.3) is 0 Å². The summed E-state index contributed by atoms with van der Waals surface area (Å²) >= 11 is 0. The average molecular weight is 224 g/mol. The largest absolute Gasteiger partial charge is 0.311 e. The van der Waals surface area contributed by atoms with Crippen LogP contribution in [0.1, 0.15) is 52.9 Å². The molecule has 0 aromatic rings. The van der Waals surface area contributed by atoms with Crippen molar-refractivity contribution in [2.24, 2.45) is 5.92 Å². The summed E-state index contributed by atoms with van der Waals surface area (Å²) in [5.41, 5.74) is 0. The van der Waals surface area contributed by atoms with Crippen molar-refractivity contribution in [3.8, 4) is 0 Å². The van der Waals surface area contributed by atoms with Crippen LogP contribution in [0.15, 0.2) is 0 Å². The zero-order valence-corrected chi connectivity index (χ0v) is 11.2. The fraction of sp³-hybridized carbons (Fsp3) is 1.00. The fourth-order valence-corrected chi connectivity index (χ4v) is 3.17. The van der Waals surface area contributed by atoms with E-state index in [-0.39, 0.29) is 0 Å². The van der Waals surface area contributed by atoms with Gasteiger partial charge in [-0.15, -0.1) is 0 Å². The van der Waals surface area contributed by atoms with Crippen LogP contribution in [0.5, 0.6) is 0 Å². The summed E-state index contributed by atoms with van der Waals surface area (Å²) in [6.07, 6.45) is 7.05. The Balaban J connectivity index is 1.69. The minimum Gasteiger partial charge on any atom is -0.311 e. The summed E-state index contributed by atoms with van der Waals surface area (Å²) in [5, 5.41) is 3.84. The maximum atomic E-state index is 3.84. The molecule has 1 aliphatic heterocycles. The molecular weight excluding hydrogens is 196 g/mol. The maximum absolute atomic E-state index is 3.84. The van der Waals surface area contributed by atoms with Crippen molar-refractivity contribution in [2.75, 3.05) is 13.1 Å². The lowest BCUT2D eigenvalue weighted by atomic mass is 9.97. The summed E-state index contributed by atoms with van der Waals surface area (Å²) in [6.45, 7) is 9.52. The Morgan fingerprint density at radius 1 is 1.31 bits per heavy atom. The smallest absolute Gasteiger partial charge is 0.00964 e. The van der Waals surface area contributed by atoms with Gasteiger partial charge in [-0.05, 0) is 52.1 Å². The fourth-order valence-electron chi connectivity index (χ4n) is 3.17. The number of hydrogen-bond donors (Lipinski definition) is 1.